The van der Waals surface area contributed by atoms with Gasteiger partial charge in [0.25, 0.3) is 5.78 Å². The molecule has 1 aromatic carbocycles. The van der Waals surface area contributed by atoms with Gasteiger partial charge in [0, 0.05) is 18.0 Å². The van der Waals surface area contributed by atoms with E-state index < -0.39 is 0 Å². The molecule has 7 nitrogen and oxygen atoms in total. The molecule has 0 radical (unpaired) electrons. The molecule has 3 aromatic heterocycles. The smallest absolute Gasteiger partial charge is 0.253 e. The summed E-state index contributed by atoms with van der Waals surface area (Å²) < 4.78 is 3.88. The van der Waals surface area contributed by atoms with Gasteiger partial charge in [0.1, 0.15) is 17.2 Å². The van der Waals surface area contributed by atoms with E-state index in [2.05, 4.69) is 36.4 Å². The summed E-state index contributed by atoms with van der Waals surface area (Å²) >= 11 is 1.53. The first kappa shape index (κ1) is 16.2. The van der Waals surface area contributed by atoms with Gasteiger partial charge in [0.05, 0.1) is 5.69 Å². The Hall–Kier alpha value is -3.00. The lowest BCUT2D eigenvalue weighted by Gasteiger charge is -2.09. The number of nitrogens with zero attached hydrogens (tertiary/aromatic N) is 7. The van der Waals surface area contributed by atoms with Gasteiger partial charge >= 0.3 is 0 Å². The zero-order valence-corrected chi connectivity index (χ0v) is 15.4. The molecule has 8 heteroatoms. The van der Waals surface area contributed by atoms with Crippen LogP contribution >= 0.6 is 11.8 Å². The normalized spacial score (nSPS) is 13.9. The van der Waals surface area contributed by atoms with Crippen LogP contribution in [0.5, 0.6) is 0 Å². The highest BCUT2D eigenvalue weighted by atomic mass is 32.2. The molecule has 0 bridgehead atoms. The van der Waals surface area contributed by atoms with Crippen LogP contribution in [0.15, 0.2) is 65.6 Å². The average Bonchev–Trinajstić information content (AvgIpc) is 3.30. The number of hydrogen-bond donors (Lipinski definition) is 0. The fourth-order valence-corrected chi connectivity index (χ4v) is 3.96. The Balaban J connectivity index is 1.59. The van der Waals surface area contributed by atoms with Gasteiger partial charge in [-0.3, -0.25) is 0 Å². The van der Waals surface area contributed by atoms with Crippen molar-refractivity contribution in [3.63, 3.8) is 0 Å². The van der Waals surface area contributed by atoms with Crippen LogP contribution in [0.1, 0.15) is 24.6 Å². The fourth-order valence-electron chi connectivity index (χ4n) is 3.03. The Morgan fingerprint density at radius 3 is 2.81 bits per heavy atom. The summed E-state index contributed by atoms with van der Waals surface area (Å²) in [6.07, 6.45) is 5.76. The van der Waals surface area contributed by atoms with Crippen LogP contribution in [0.25, 0.3) is 17.0 Å². The Morgan fingerprint density at radius 2 is 2.04 bits per heavy atom. The lowest BCUT2D eigenvalue weighted by atomic mass is 10.1. The van der Waals surface area contributed by atoms with E-state index in [1.54, 1.807) is 4.52 Å². The van der Waals surface area contributed by atoms with Crippen LogP contribution in [0, 0.1) is 0 Å². The third-order valence-corrected chi connectivity index (χ3v) is 5.47. The molecule has 134 valence electrons. The fraction of sp³-hybridized carbons (Fsp3) is 0.211. The van der Waals surface area contributed by atoms with Crippen molar-refractivity contribution in [3.05, 3.63) is 61.2 Å². The van der Waals surface area contributed by atoms with Crippen LogP contribution in [-0.4, -0.2) is 34.3 Å². The molecule has 0 aliphatic heterocycles. The molecule has 0 spiro atoms. The van der Waals surface area contributed by atoms with Gasteiger partial charge in [-0.15, -0.1) is 16.8 Å². The van der Waals surface area contributed by atoms with Gasteiger partial charge in [-0.2, -0.15) is 14.6 Å². The molecule has 1 aliphatic carbocycles. The predicted octanol–water partition coefficient (Wildman–Crippen LogP) is 3.60. The van der Waals surface area contributed by atoms with E-state index in [4.69, 9.17) is 0 Å². The molecule has 0 unspecified atom stereocenters. The molecular weight excluding hydrogens is 358 g/mol. The standard InChI is InChI=1S/C19H17N7S/c1-2-10-25-17(14-8-9-14)23-24-19(25)27-16-11-15(13-6-4-3-5-7-13)22-18-20-12-21-26(16)18/h2-7,11-12,14H,1,8-10H2. The van der Waals surface area contributed by atoms with E-state index in [1.807, 2.05) is 42.5 Å². The second-order valence-electron chi connectivity index (χ2n) is 6.43. The highest BCUT2D eigenvalue weighted by Gasteiger charge is 2.30. The Labute approximate surface area is 160 Å². The molecular formula is C19H17N7S. The average molecular weight is 375 g/mol. The highest BCUT2D eigenvalue weighted by molar-refractivity contribution is 7.99. The summed E-state index contributed by atoms with van der Waals surface area (Å²) in [6.45, 7) is 4.57. The van der Waals surface area contributed by atoms with Gasteiger partial charge in [-0.05, 0) is 30.7 Å². The number of rotatable bonds is 6. The molecule has 1 fully saturated rings. The maximum Gasteiger partial charge on any atom is 0.253 e. The Bertz CT molecular complexity index is 1110. The third kappa shape index (κ3) is 3.02. The lowest BCUT2D eigenvalue weighted by Crippen LogP contribution is -2.04. The van der Waals surface area contributed by atoms with Crippen LogP contribution in [0.3, 0.4) is 0 Å². The van der Waals surface area contributed by atoms with E-state index in [-0.39, 0.29) is 0 Å². The van der Waals surface area contributed by atoms with Gasteiger partial charge in [0.15, 0.2) is 5.16 Å². The number of aromatic nitrogens is 7. The molecule has 0 N–H and O–H groups in total. The van der Waals surface area contributed by atoms with Crippen molar-refractivity contribution in [1.82, 2.24) is 34.3 Å². The molecule has 0 saturated heterocycles. The summed E-state index contributed by atoms with van der Waals surface area (Å²) in [5.74, 6) is 2.14. The first-order valence-electron chi connectivity index (χ1n) is 8.81. The Morgan fingerprint density at radius 1 is 1.19 bits per heavy atom. The highest BCUT2D eigenvalue weighted by Crippen LogP contribution is 2.40. The summed E-state index contributed by atoms with van der Waals surface area (Å²) in [6, 6.07) is 12.1. The van der Waals surface area contributed by atoms with Crippen LogP contribution in [0.4, 0.5) is 0 Å². The van der Waals surface area contributed by atoms with Crippen molar-refractivity contribution in [2.75, 3.05) is 0 Å². The van der Waals surface area contributed by atoms with Crippen molar-refractivity contribution in [2.24, 2.45) is 0 Å². The zero-order valence-electron chi connectivity index (χ0n) is 14.6. The van der Waals surface area contributed by atoms with E-state index >= 15 is 0 Å². The van der Waals surface area contributed by atoms with Crippen molar-refractivity contribution in [1.29, 1.82) is 0 Å². The van der Waals surface area contributed by atoms with Crippen LogP contribution in [0.2, 0.25) is 0 Å². The molecule has 0 atom stereocenters. The monoisotopic (exact) mass is 375 g/mol. The van der Waals surface area contributed by atoms with Crippen molar-refractivity contribution < 1.29 is 0 Å². The number of allylic oxidation sites excluding steroid dienone is 1. The third-order valence-electron chi connectivity index (χ3n) is 4.48. The number of fused-ring (bicyclic) bond motifs is 1. The van der Waals surface area contributed by atoms with Crippen molar-refractivity contribution >= 4 is 17.5 Å². The molecule has 1 saturated carbocycles. The second-order valence-corrected chi connectivity index (χ2v) is 7.42. The number of hydrogen-bond acceptors (Lipinski definition) is 6. The van der Waals surface area contributed by atoms with E-state index in [0.29, 0.717) is 18.2 Å². The molecule has 3 heterocycles. The summed E-state index contributed by atoms with van der Waals surface area (Å²) in [4.78, 5) is 8.90. The van der Waals surface area contributed by atoms with Gasteiger partial charge in [-0.1, -0.05) is 36.4 Å². The van der Waals surface area contributed by atoms with Crippen molar-refractivity contribution in [2.45, 2.75) is 35.5 Å². The lowest BCUT2D eigenvalue weighted by molar-refractivity contribution is 0.679. The summed E-state index contributed by atoms with van der Waals surface area (Å²) in [5, 5.41) is 14.9. The minimum absolute atomic E-state index is 0.524. The van der Waals surface area contributed by atoms with Crippen LogP contribution < -0.4 is 0 Å². The number of benzene rings is 1. The van der Waals surface area contributed by atoms with E-state index in [1.165, 1.54) is 30.9 Å². The van der Waals surface area contributed by atoms with Crippen LogP contribution in [-0.2, 0) is 6.54 Å². The second kappa shape index (κ2) is 6.62. The van der Waals surface area contributed by atoms with E-state index in [9.17, 15) is 0 Å². The SMILES string of the molecule is C=CCn1c(Sc2cc(-c3ccccc3)nc3ncnn23)nnc1C1CC1. The summed E-state index contributed by atoms with van der Waals surface area (Å²) in [5.41, 5.74) is 1.90. The molecule has 1 aliphatic rings. The topological polar surface area (TPSA) is 73.8 Å². The first-order chi connectivity index (χ1) is 13.3. The molecule has 27 heavy (non-hydrogen) atoms. The molecule has 5 rings (SSSR count). The van der Waals surface area contributed by atoms with Gasteiger partial charge in [0.2, 0.25) is 0 Å². The largest absolute Gasteiger partial charge is 0.302 e. The Kier molecular flexibility index (Phi) is 3.97. The zero-order chi connectivity index (χ0) is 18.2. The minimum Gasteiger partial charge on any atom is -0.302 e. The summed E-state index contributed by atoms with van der Waals surface area (Å²) in [7, 11) is 0. The molecule has 0 amide bonds. The van der Waals surface area contributed by atoms with Gasteiger partial charge in [-0.25, -0.2) is 4.98 Å². The van der Waals surface area contributed by atoms with Crippen molar-refractivity contribution in [3.8, 4) is 11.3 Å². The quantitative estimate of drug-likeness (QED) is 0.379. The van der Waals surface area contributed by atoms with Gasteiger partial charge < -0.3 is 4.57 Å². The maximum absolute atomic E-state index is 4.63. The van der Waals surface area contributed by atoms with E-state index in [0.717, 1.165) is 27.3 Å². The predicted molar refractivity (Wildman–Crippen MR) is 103 cm³/mol. The minimum atomic E-state index is 0.524. The maximum atomic E-state index is 4.63. The first-order valence-corrected chi connectivity index (χ1v) is 9.63. The molecule has 4 aromatic rings.